The molecule has 0 aromatic rings. The molecule has 0 atom stereocenters. The third-order valence-corrected chi connectivity index (χ3v) is 14.2. The van der Waals surface area contributed by atoms with Crippen molar-refractivity contribution in [2.75, 3.05) is 0 Å². The Balaban J connectivity index is 6.10. The SMILES string of the molecule is CCB(CC)/C(CC)=[C](/C(C)(C)[O][Sn]([CH3])([CH3])[CH3])[Sn]([CH3])([CH3])[CH3]. The Hall–Kier alpha value is 1.36. The van der Waals surface area contributed by atoms with E-state index in [2.05, 4.69) is 64.3 Å². The molecule has 0 aromatic carbocycles. The average molecular weight is 508 g/mol. The van der Waals surface area contributed by atoms with Crippen LogP contribution in [0, 0.1) is 0 Å². The van der Waals surface area contributed by atoms with E-state index in [1.807, 2.05) is 0 Å². The van der Waals surface area contributed by atoms with Gasteiger partial charge in [0.05, 0.1) is 0 Å². The second-order valence-electron chi connectivity index (χ2n) is 8.74. The first kappa shape index (κ1) is 22.4. The molecule has 0 spiro atoms. The van der Waals surface area contributed by atoms with Crippen LogP contribution < -0.4 is 0 Å². The van der Waals surface area contributed by atoms with Crippen molar-refractivity contribution in [1.29, 1.82) is 0 Å². The third-order valence-electron chi connectivity index (χ3n) is 4.09. The molecule has 0 aliphatic rings. The van der Waals surface area contributed by atoms with Gasteiger partial charge in [0.15, 0.2) is 0 Å². The number of hydrogen-bond acceptors (Lipinski definition) is 1. The molecule has 0 amide bonds. The predicted octanol–water partition coefficient (Wildman–Crippen LogP) is 6.27. The molecule has 21 heavy (non-hydrogen) atoms. The molecule has 0 fully saturated rings. The summed E-state index contributed by atoms with van der Waals surface area (Å²) in [5.74, 6) is 0. The van der Waals surface area contributed by atoms with Crippen LogP contribution in [-0.4, -0.2) is 49.5 Å². The van der Waals surface area contributed by atoms with Gasteiger partial charge < -0.3 is 0 Å². The summed E-state index contributed by atoms with van der Waals surface area (Å²) in [4.78, 5) is 14.8. The maximum atomic E-state index is 6.74. The topological polar surface area (TPSA) is 9.23 Å². The van der Waals surface area contributed by atoms with Crippen LogP contribution in [0.1, 0.15) is 41.0 Å². The molecule has 124 valence electrons. The molecule has 0 saturated heterocycles. The fourth-order valence-corrected chi connectivity index (χ4v) is 18.7. The van der Waals surface area contributed by atoms with Gasteiger partial charge in [-0.15, -0.1) is 0 Å². The second kappa shape index (κ2) is 8.46. The van der Waals surface area contributed by atoms with Gasteiger partial charge in [-0.3, -0.25) is 0 Å². The van der Waals surface area contributed by atoms with Crippen molar-refractivity contribution in [1.82, 2.24) is 0 Å². The van der Waals surface area contributed by atoms with E-state index in [1.165, 1.54) is 19.1 Å². The molecule has 1 nitrogen and oxygen atoms in total. The van der Waals surface area contributed by atoms with Gasteiger partial charge in [-0.1, -0.05) is 0 Å². The zero-order valence-electron chi connectivity index (χ0n) is 16.6. The van der Waals surface area contributed by atoms with E-state index in [0.29, 0.717) is 0 Å². The first-order valence-electron chi connectivity index (χ1n) is 8.74. The summed E-state index contributed by atoms with van der Waals surface area (Å²) in [5, 5.41) is 0. The molecule has 0 radical (unpaired) electrons. The second-order valence-corrected chi connectivity index (χ2v) is 35.7. The molecule has 0 saturated carbocycles. The molecule has 0 heterocycles. The summed E-state index contributed by atoms with van der Waals surface area (Å²) in [5.41, 5.74) is 1.69. The van der Waals surface area contributed by atoms with Crippen molar-refractivity contribution in [3.63, 3.8) is 0 Å². The predicted molar refractivity (Wildman–Crippen MR) is 106 cm³/mol. The van der Waals surface area contributed by atoms with E-state index >= 15 is 0 Å². The first-order valence-corrected chi connectivity index (χ1v) is 28.5. The van der Waals surface area contributed by atoms with Crippen molar-refractivity contribution in [2.24, 2.45) is 0 Å². The van der Waals surface area contributed by atoms with Gasteiger partial charge >= 0.3 is 145 Å². The van der Waals surface area contributed by atoms with Crippen molar-refractivity contribution >= 4 is 43.9 Å². The van der Waals surface area contributed by atoms with Crippen LogP contribution in [0.25, 0.3) is 0 Å². The van der Waals surface area contributed by atoms with Gasteiger partial charge in [-0.2, -0.15) is 0 Å². The Kier molecular flexibility index (Phi) is 9.01. The molecule has 0 rings (SSSR count). The van der Waals surface area contributed by atoms with Crippen molar-refractivity contribution < 1.29 is 3.07 Å². The summed E-state index contributed by atoms with van der Waals surface area (Å²) >= 11 is -4.51. The normalized spacial score (nSPS) is 15.0. The Morgan fingerprint density at radius 3 is 1.57 bits per heavy atom. The molecule has 0 aliphatic heterocycles. The van der Waals surface area contributed by atoms with Crippen molar-refractivity contribution in [2.45, 2.75) is 88.9 Å². The molecule has 0 aromatic heterocycles. The summed E-state index contributed by atoms with van der Waals surface area (Å²) < 4.78 is 8.50. The monoisotopic (exact) mass is 510 g/mol. The third kappa shape index (κ3) is 7.20. The van der Waals surface area contributed by atoms with Crippen LogP contribution in [0.3, 0.4) is 0 Å². The van der Waals surface area contributed by atoms with E-state index in [4.69, 9.17) is 3.07 Å². The molecule has 0 bridgehead atoms. The number of allylic oxidation sites excluding steroid dienone is 1. The Labute approximate surface area is 144 Å². The average Bonchev–Trinajstić information content (AvgIpc) is 2.23. The molecule has 0 aliphatic carbocycles. The van der Waals surface area contributed by atoms with Gasteiger partial charge in [-0.25, -0.2) is 0 Å². The van der Waals surface area contributed by atoms with E-state index < -0.39 is 37.2 Å². The standard InChI is InChI=1S/C11H21BO.6CH3.2Sn/c1-6-10(9-11(4,5)13)12(7-2)8-3;;;;;;;;/h6-8H2,1-5H3;6*1H3;;/q-1;;;;;;;;+1. The fourth-order valence-electron chi connectivity index (χ4n) is 4.04. The molecule has 0 unspecified atom stereocenters. The van der Waals surface area contributed by atoms with Gasteiger partial charge in [0.25, 0.3) is 0 Å². The van der Waals surface area contributed by atoms with Gasteiger partial charge in [0.2, 0.25) is 0 Å². The van der Waals surface area contributed by atoms with Crippen LogP contribution in [0.15, 0.2) is 9.06 Å². The van der Waals surface area contributed by atoms with Crippen molar-refractivity contribution in [3.05, 3.63) is 9.06 Å². The Morgan fingerprint density at radius 1 is 0.905 bits per heavy atom. The molecule has 0 N–H and O–H groups in total. The van der Waals surface area contributed by atoms with E-state index in [1.54, 1.807) is 9.06 Å². The van der Waals surface area contributed by atoms with Gasteiger partial charge in [0, 0.05) is 0 Å². The Bertz CT molecular complexity index is 358. The van der Waals surface area contributed by atoms with Crippen LogP contribution in [0.4, 0.5) is 0 Å². The summed E-state index contributed by atoms with van der Waals surface area (Å²) in [6, 6.07) is 0. The Morgan fingerprint density at radius 2 is 1.33 bits per heavy atom. The number of rotatable bonds is 8. The maximum absolute atomic E-state index is 6.74. The first-order chi connectivity index (χ1) is 9.30. The molecular weight excluding hydrogens is 468 g/mol. The van der Waals surface area contributed by atoms with E-state index in [9.17, 15) is 0 Å². The van der Waals surface area contributed by atoms with Crippen LogP contribution >= 0.6 is 0 Å². The van der Waals surface area contributed by atoms with Crippen LogP contribution in [-0.2, 0) is 3.07 Å². The van der Waals surface area contributed by atoms with Crippen molar-refractivity contribution in [3.8, 4) is 0 Å². The van der Waals surface area contributed by atoms with Gasteiger partial charge in [-0.05, 0) is 0 Å². The zero-order chi connectivity index (χ0) is 17.1. The van der Waals surface area contributed by atoms with Gasteiger partial charge in [0.1, 0.15) is 0 Å². The molecular formula is C17H39BOSn2. The summed E-state index contributed by atoms with van der Waals surface area (Å²) in [7, 11) is 0. The summed E-state index contributed by atoms with van der Waals surface area (Å²) in [6.07, 6.45) is 3.72. The minimum absolute atomic E-state index is 0.0450. The molecule has 4 heteroatoms. The van der Waals surface area contributed by atoms with E-state index in [-0.39, 0.29) is 5.60 Å². The zero-order valence-corrected chi connectivity index (χ0v) is 22.3. The minimum atomic E-state index is -2.29. The van der Waals surface area contributed by atoms with E-state index in [0.717, 1.165) is 6.71 Å². The fraction of sp³-hybridized carbons (Fsp3) is 0.882. The van der Waals surface area contributed by atoms with Crippen LogP contribution in [0.2, 0.25) is 42.3 Å². The number of hydrogen-bond donors (Lipinski definition) is 0. The quantitative estimate of drug-likeness (QED) is 0.352. The summed E-state index contributed by atoms with van der Waals surface area (Å²) in [6.45, 7) is 12.5. The van der Waals surface area contributed by atoms with Crippen LogP contribution in [0.5, 0.6) is 0 Å².